The van der Waals surface area contributed by atoms with Crippen molar-refractivity contribution in [3.63, 3.8) is 0 Å². The second kappa shape index (κ2) is 10.0. The summed E-state index contributed by atoms with van der Waals surface area (Å²) in [6.07, 6.45) is 6.98. The molecule has 6 rings (SSSR count). The van der Waals surface area contributed by atoms with Crippen LogP contribution in [0.2, 0.25) is 0 Å². The molecule has 4 bridgehead atoms. The molecular formula is C28H40N4O4. The Kier molecular flexibility index (Phi) is 6.99. The van der Waals surface area contributed by atoms with Crippen LogP contribution in [0.5, 0.6) is 0 Å². The second-order valence-electron chi connectivity index (χ2n) is 12.2. The Labute approximate surface area is 213 Å². The number of H-pyrrole nitrogens is 1. The average molecular weight is 497 g/mol. The normalized spacial score (nSPS) is 26.8. The Morgan fingerprint density at radius 1 is 1.11 bits per heavy atom. The zero-order valence-electron chi connectivity index (χ0n) is 22.0. The number of aromatic amines is 1. The molecule has 1 heterocycles. The molecule has 4 aliphatic carbocycles. The van der Waals surface area contributed by atoms with Crippen LogP contribution in [0.15, 0.2) is 18.2 Å². The molecule has 0 saturated heterocycles. The standard InChI is InChI=1S/C28H40N4O4/c1-28(2,3)36-27(34)32(7-8-35-4)16-25-30-23-6-5-21(14-24(23)31-25)29-26(33)15-22-19-10-17-9-18(12-19)13-20(22)11-17/h5-6,14,17-20,22H,7-13,15-16H2,1-4H3,(H,29,33)(H,30,31). The molecule has 196 valence electrons. The number of hydrogen-bond acceptors (Lipinski definition) is 5. The van der Waals surface area contributed by atoms with Crippen LogP contribution in [0, 0.1) is 29.6 Å². The van der Waals surface area contributed by atoms with Gasteiger partial charge in [-0.05, 0) is 101 Å². The van der Waals surface area contributed by atoms with E-state index in [0.29, 0.717) is 31.3 Å². The number of fused-ring (bicyclic) bond motifs is 1. The van der Waals surface area contributed by atoms with Crippen molar-refractivity contribution in [2.24, 2.45) is 29.6 Å². The number of ether oxygens (including phenoxy) is 2. The SMILES string of the molecule is COCCN(Cc1nc2ccc(NC(=O)CC3C4CC5CC(C4)CC3C5)cc2[nH]1)C(=O)OC(C)(C)C. The maximum Gasteiger partial charge on any atom is 0.410 e. The van der Waals surface area contributed by atoms with E-state index in [2.05, 4.69) is 15.3 Å². The van der Waals surface area contributed by atoms with Crippen molar-refractivity contribution in [3.05, 3.63) is 24.0 Å². The van der Waals surface area contributed by atoms with Crippen molar-refractivity contribution in [1.29, 1.82) is 0 Å². The van der Waals surface area contributed by atoms with Gasteiger partial charge in [0.2, 0.25) is 5.91 Å². The number of nitrogens with zero attached hydrogens (tertiary/aromatic N) is 2. The molecule has 0 atom stereocenters. The molecule has 36 heavy (non-hydrogen) atoms. The van der Waals surface area contributed by atoms with Crippen LogP contribution in [0.3, 0.4) is 0 Å². The number of carbonyl (C=O) groups excluding carboxylic acids is 2. The number of benzene rings is 1. The smallest absolute Gasteiger partial charge is 0.410 e. The first kappa shape index (κ1) is 25.1. The zero-order valence-corrected chi connectivity index (χ0v) is 22.0. The molecule has 4 aliphatic rings. The molecule has 1 aromatic heterocycles. The summed E-state index contributed by atoms with van der Waals surface area (Å²) in [7, 11) is 1.60. The molecule has 8 heteroatoms. The summed E-state index contributed by atoms with van der Waals surface area (Å²) in [6.45, 7) is 6.62. The number of rotatable bonds is 8. The van der Waals surface area contributed by atoms with E-state index in [1.807, 2.05) is 39.0 Å². The Hall–Kier alpha value is -2.61. The van der Waals surface area contributed by atoms with Crippen molar-refractivity contribution in [1.82, 2.24) is 14.9 Å². The highest BCUT2D eigenvalue weighted by atomic mass is 16.6. The van der Waals surface area contributed by atoms with Gasteiger partial charge >= 0.3 is 6.09 Å². The summed E-state index contributed by atoms with van der Waals surface area (Å²) in [6, 6.07) is 5.73. The zero-order chi connectivity index (χ0) is 25.4. The van der Waals surface area contributed by atoms with Gasteiger partial charge in [0.1, 0.15) is 11.4 Å². The van der Waals surface area contributed by atoms with Crippen molar-refractivity contribution in [2.45, 2.75) is 71.4 Å². The van der Waals surface area contributed by atoms with Gasteiger partial charge < -0.3 is 19.8 Å². The van der Waals surface area contributed by atoms with E-state index in [1.54, 1.807) is 12.0 Å². The number of amides is 2. The van der Waals surface area contributed by atoms with Gasteiger partial charge in [0.15, 0.2) is 0 Å². The quantitative estimate of drug-likeness (QED) is 0.514. The molecule has 1 aromatic carbocycles. The Morgan fingerprint density at radius 3 is 2.44 bits per heavy atom. The lowest BCUT2D eigenvalue weighted by Gasteiger charge is -2.54. The summed E-state index contributed by atoms with van der Waals surface area (Å²) in [5.41, 5.74) is 1.81. The second-order valence-corrected chi connectivity index (χ2v) is 12.2. The summed E-state index contributed by atoms with van der Waals surface area (Å²) in [5, 5.41) is 3.13. The van der Waals surface area contributed by atoms with Crippen LogP contribution in [-0.4, -0.2) is 52.7 Å². The number of nitrogens with one attached hydrogen (secondary N) is 2. The van der Waals surface area contributed by atoms with Crippen LogP contribution in [0.25, 0.3) is 11.0 Å². The third-order valence-corrected chi connectivity index (χ3v) is 8.22. The molecule has 0 unspecified atom stereocenters. The minimum absolute atomic E-state index is 0.113. The molecule has 2 N–H and O–H groups in total. The van der Waals surface area contributed by atoms with E-state index in [1.165, 1.54) is 32.1 Å². The highest BCUT2D eigenvalue weighted by Crippen LogP contribution is 2.57. The van der Waals surface area contributed by atoms with Crippen LogP contribution in [0.4, 0.5) is 10.5 Å². The monoisotopic (exact) mass is 496 g/mol. The summed E-state index contributed by atoms with van der Waals surface area (Å²) >= 11 is 0. The summed E-state index contributed by atoms with van der Waals surface area (Å²) in [5.74, 6) is 4.65. The number of aromatic nitrogens is 2. The van der Waals surface area contributed by atoms with Gasteiger partial charge in [-0.1, -0.05) is 0 Å². The molecule has 4 fully saturated rings. The van der Waals surface area contributed by atoms with E-state index in [0.717, 1.165) is 40.4 Å². The molecule has 0 radical (unpaired) electrons. The Morgan fingerprint density at radius 2 is 1.81 bits per heavy atom. The highest BCUT2D eigenvalue weighted by molar-refractivity contribution is 5.93. The minimum atomic E-state index is -0.583. The summed E-state index contributed by atoms with van der Waals surface area (Å²) in [4.78, 5) is 35.2. The third-order valence-electron chi connectivity index (χ3n) is 8.22. The molecule has 2 amide bonds. The lowest BCUT2D eigenvalue weighted by molar-refractivity contribution is -0.121. The molecule has 0 spiro atoms. The lowest BCUT2D eigenvalue weighted by atomic mass is 9.51. The molecule has 4 saturated carbocycles. The Bertz CT molecular complexity index is 1080. The van der Waals surface area contributed by atoms with Crippen LogP contribution >= 0.6 is 0 Å². The number of imidazole rings is 1. The molecule has 8 nitrogen and oxygen atoms in total. The van der Waals surface area contributed by atoms with Crippen molar-refractivity contribution < 1.29 is 19.1 Å². The van der Waals surface area contributed by atoms with E-state index in [-0.39, 0.29) is 12.5 Å². The first-order valence-electron chi connectivity index (χ1n) is 13.4. The van der Waals surface area contributed by atoms with Crippen molar-refractivity contribution >= 4 is 28.7 Å². The first-order chi connectivity index (χ1) is 17.2. The fraction of sp³-hybridized carbons (Fsp3) is 0.679. The fourth-order valence-electron chi connectivity index (χ4n) is 6.96. The van der Waals surface area contributed by atoms with E-state index >= 15 is 0 Å². The summed E-state index contributed by atoms with van der Waals surface area (Å²) < 4.78 is 10.7. The largest absolute Gasteiger partial charge is 0.444 e. The number of anilines is 1. The van der Waals surface area contributed by atoms with Gasteiger partial charge in [-0.15, -0.1) is 0 Å². The van der Waals surface area contributed by atoms with Crippen LogP contribution in [0.1, 0.15) is 65.1 Å². The maximum absolute atomic E-state index is 13.0. The minimum Gasteiger partial charge on any atom is -0.444 e. The van der Waals surface area contributed by atoms with Gasteiger partial charge in [-0.25, -0.2) is 9.78 Å². The van der Waals surface area contributed by atoms with Gasteiger partial charge in [-0.2, -0.15) is 0 Å². The van der Waals surface area contributed by atoms with Crippen LogP contribution < -0.4 is 5.32 Å². The highest BCUT2D eigenvalue weighted by Gasteiger charge is 2.48. The van der Waals surface area contributed by atoms with E-state index in [4.69, 9.17) is 9.47 Å². The van der Waals surface area contributed by atoms with E-state index < -0.39 is 11.7 Å². The predicted molar refractivity (Wildman–Crippen MR) is 138 cm³/mol. The van der Waals surface area contributed by atoms with Gasteiger partial charge in [0.25, 0.3) is 0 Å². The molecular weight excluding hydrogens is 456 g/mol. The lowest BCUT2D eigenvalue weighted by Crippen LogP contribution is -2.46. The van der Waals surface area contributed by atoms with Gasteiger partial charge in [0.05, 0.1) is 24.2 Å². The average Bonchev–Trinajstić information content (AvgIpc) is 3.19. The number of methoxy groups -OCH3 is 1. The van der Waals surface area contributed by atoms with Crippen molar-refractivity contribution in [3.8, 4) is 0 Å². The van der Waals surface area contributed by atoms with E-state index in [9.17, 15) is 9.59 Å². The Balaban J connectivity index is 1.22. The third kappa shape index (κ3) is 5.69. The molecule has 0 aliphatic heterocycles. The van der Waals surface area contributed by atoms with Crippen LogP contribution in [-0.2, 0) is 20.8 Å². The fourth-order valence-corrected chi connectivity index (χ4v) is 6.96. The molecule has 2 aromatic rings. The topological polar surface area (TPSA) is 96.5 Å². The number of hydrogen-bond donors (Lipinski definition) is 2. The predicted octanol–water partition coefficient (Wildman–Crippen LogP) is 5.35. The maximum atomic E-state index is 13.0. The van der Waals surface area contributed by atoms with Crippen molar-refractivity contribution in [2.75, 3.05) is 25.6 Å². The number of carbonyl (C=O) groups is 2. The first-order valence-corrected chi connectivity index (χ1v) is 13.4. The van der Waals surface area contributed by atoms with Gasteiger partial charge in [0, 0.05) is 25.8 Å². The van der Waals surface area contributed by atoms with Gasteiger partial charge in [-0.3, -0.25) is 9.69 Å².